The van der Waals surface area contributed by atoms with E-state index in [-0.39, 0.29) is 17.8 Å². The molecule has 2 aromatic heterocycles. The van der Waals surface area contributed by atoms with Crippen LogP contribution in [0.4, 0.5) is 0 Å². The molecule has 0 aliphatic heterocycles. The van der Waals surface area contributed by atoms with Crippen LogP contribution in [-0.2, 0) is 21.4 Å². The van der Waals surface area contributed by atoms with Crippen LogP contribution in [0.2, 0.25) is 0 Å². The summed E-state index contributed by atoms with van der Waals surface area (Å²) in [5.41, 5.74) is 1.68. The average molecular weight is 310 g/mol. The number of ether oxygens (including phenoxy) is 1. The number of carbonyl (C=O) groups is 1. The number of aromatic nitrogens is 2. The summed E-state index contributed by atoms with van der Waals surface area (Å²) in [6, 6.07) is 0. The lowest BCUT2D eigenvalue weighted by Crippen LogP contribution is -2.10. The van der Waals surface area contributed by atoms with Crippen LogP contribution in [0, 0.1) is 0 Å². The maximum Gasteiger partial charge on any atom is 0.311 e. The Hall–Kier alpha value is -1.27. The van der Waals surface area contributed by atoms with Crippen molar-refractivity contribution < 1.29 is 9.53 Å². The third-order valence-electron chi connectivity index (χ3n) is 2.55. The molecule has 0 saturated heterocycles. The van der Waals surface area contributed by atoms with E-state index in [0.717, 1.165) is 21.4 Å². The van der Waals surface area contributed by atoms with Crippen LogP contribution in [0.5, 0.6) is 0 Å². The van der Waals surface area contributed by atoms with Gasteiger partial charge in [0.15, 0.2) is 0 Å². The number of hydrogen-bond donors (Lipinski definition) is 0. The van der Waals surface area contributed by atoms with Crippen LogP contribution in [0.15, 0.2) is 10.8 Å². The summed E-state index contributed by atoms with van der Waals surface area (Å²) in [7, 11) is 0. The Morgan fingerprint density at radius 2 is 2.00 bits per heavy atom. The van der Waals surface area contributed by atoms with Gasteiger partial charge >= 0.3 is 5.97 Å². The van der Waals surface area contributed by atoms with Crippen LogP contribution in [0.25, 0.3) is 10.7 Å². The van der Waals surface area contributed by atoms with E-state index in [1.165, 1.54) is 11.3 Å². The van der Waals surface area contributed by atoms with Gasteiger partial charge in [-0.25, -0.2) is 9.97 Å². The molecule has 0 bridgehead atoms. The van der Waals surface area contributed by atoms with Gasteiger partial charge in [-0.05, 0) is 6.92 Å². The fourth-order valence-electron chi connectivity index (χ4n) is 1.58. The van der Waals surface area contributed by atoms with Crippen LogP contribution in [0.1, 0.15) is 38.4 Å². The van der Waals surface area contributed by atoms with Gasteiger partial charge in [0.2, 0.25) is 0 Å². The second kappa shape index (κ2) is 6.01. The monoisotopic (exact) mass is 310 g/mol. The summed E-state index contributed by atoms with van der Waals surface area (Å²) in [5.74, 6) is -0.238. The van der Waals surface area contributed by atoms with Gasteiger partial charge in [-0.1, -0.05) is 20.8 Å². The number of thiazole rings is 2. The summed E-state index contributed by atoms with van der Waals surface area (Å²) in [4.78, 5) is 20.5. The molecule has 0 spiro atoms. The van der Waals surface area contributed by atoms with Gasteiger partial charge in [-0.2, -0.15) is 0 Å². The molecule has 0 unspecified atom stereocenters. The molecule has 0 N–H and O–H groups in total. The highest BCUT2D eigenvalue weighted by atomic mass is 32.1. The minimum Gasteiger partial charge on any atom is -0.466 e. The Balaban J connectivity index is 2.13. The normalized spacial score (nSPS) is 11.6. The van der Waals surface area contributed by atoms with Crippen molar-refractivity contribution in [2.45, 2.75) is 39.5 Å². The largest absolute Gasteiger partial charge is 0.466 e. The molecule has 0 aliphatic carbocycles. The van der Waals surface area contributed by atoms with Crippen molar-refractivity contribution in [3.05, 3.63) is 21.5 Å². The fourth-order valence-corrected chi connectivity index (χ4v) is 3.33. The van der Waals surface area contributed by atoms with E-state index in [0.29, 0.717) is 6.61 Å². The van der Waals surface area contributed by atoms with Gasteiger partial charge < -0.3 is 4.74 Å². The van der Waals surface area contributed by atoms with Crippen molar-refractivity contribution in [3.8, 4) is 10.7 Å². The smallest absolute Gasteiger partial charge is 0.311 e. The predicted octanol–water partition coefficient (Wildman–Crippen LogP) is 3.67. The average Bonchev–Trinajstić information content (AvgIpc) is 2.95. The minimum atomic E-state index is -0.238. The van der Waals surface area contributed by atoms with E-state index in [1.54, 1.807) is 18.3 Å². The Morgan fingerprint density at radius 3 is 2.60 bits per heavy atom. The van der Waals surface area contributed by atoms with E-state index in [2.05, 4.69) is 30.7 Å². The third-order valence-corrected chi connectivity index (χ3v) is 4.73. The lowest BCUT2D eigenvalue weighted by Gasteiger charge is -2.13. The van der Waals surface area contributed by atoms with Crippen LogP contribution in [-0.4, -0.2) is 22.5 Å². The van der Waals surface area contributed by atoms with Gasteiger partial charge in [0.1, 0.15) is 10.7 Å². The summed E-state index contributed by atoms with van der Waals surface area (Å²) in [6.45, 7) is 8.63. The SMILES string of the molecule is CCOC(=O)Cc1csc(-c2csc(C(C)(C)C)n2)n1. The highest BCUT2D eigenvalue weighted by molar-refractivity contribution is 7.14. The molecule has 4 nitrogen and oxygen atoms in total. The van der Waals surface area contributed by atoms with Crippen LogP contribution in [0.3, 0.4) is 0 Å². The number of carbonyl (C=O) groups excluding carboxylic acids is 1. The first kappa shape index (κ1) is 15.1. The lowest BCUT2D eigenvalue weighted by atomic mass is 9.98. The Labute approximate surface area is 126 Å². The molecule has 6 heteroatoms. The second-order valence-electron chi connectivity index (χ2n) is 5.41. The molecule has 0 saturated carbocycles. The Morgan fingerprint density at radius 1 is 1.25 bits per heavy atom. The standard InChI is InChI=1S/C14H18N2O2S2/c1-5-18-11(17)6-9-7-19-12(15-9)10-8-20-13(16-10)14(2,3)4/h7-8H,5-6H2,1-4H3. The van der Waals surface area contributed by atoms with Crippen molar-refractivity contribution in [2.24, 2.45) is 0 Å². The maximum atomic E-state index is 11.4. The molecule has 2 heterocycles. The highest BCUT2D eigenvalue weighted by Gasteiger charge is 2.19. The predicted molar refractivity (Wildman–Crippen MR) is 82.3 cm³/mol. The molecular weight excluding hydrogens is 292 g/mol. The molecule has 0 aliphatic rings. The molecule has 0 fully saturated rings. The van der Waals surface area contributed by atoms with Crippen molar-refractivity contribution in [3.63, 3.8) is 0 Å². The molecule has 0 aromatic carbocycles. The lowest BCUT2D eigenvalue weighted by molar-refractivity contribution is -0.142. The topological polar surface area (TPSA) is 52.1 Å². The van der Waals surface area contributed by atoms with Crippen molar-refractivity contribution in [1.29, 1.82) is 0 Å². The zero-order valence-corrected chi connectivity index (χ0v) is 13.7. The van der Waals surface area contributed by atoms with E-state index < -0.39 is 0 Å². The van der Waals surface area contributed by atoms with E-state index in [9.17, 15) is 4.79 Å². The molecule has 0 amide bonds. The quantitative estimate of drug-likeness (QED) is 0.809. The third kappa shape index (κ3) is 3.64. The Kier molecular flexibility index (Phi) is 4.55. The number of hydrogen-bond acceptors (Lipinski definition) is 6. The van der Waals surface area contributed by atoms with Crippen molar-refractivity contribution in [1.82, 2.24) is 9.97 Å². The molecule has 2 aromatic rings. The molecule has 2 rings (SSSR count). The van der Waals surface area contributed by atoms with Gasteiger partial charge in [0.05, 0.1) is 23.7 Å². The summed E-state index contributed by atoms with van der Waals surface area (Å²) in [5, 5.41) is 5.86. The molecule has 108 valence electrons. The van der Waals surface area contributed by atoms with Gasteiger partial charge in [-0.15, -0.1) is 22.7 Å². The molecule has 0 atom stereocenters. The van der Waals surface area contributed by atoms with Gasteiger partial charge in [-0.3, -0.25) is 4.79 Å². The first-order valence-electron chi connectivity index (χ1n) is 6.46. The molecule has 0 radical (unpaired) electrons. The highest BCUT2D eigenvalue weighted by Crippen LogP contribution is 2.31. The van der Waals surface area contributed by atoms with E-state index >= 15 is 0 Å². The second-order valence-corrected chi connectivity index (χ2v) is 7.13. The summed E-state index contributed by atoms with van der Waals surface area (Å²) < 4.78 is 4.92. The maximum absolute atomic E-state index is 11.4. The summed E-state index contributed by atoms with van der Waals surface area (Å²) >= 11 is 3.16. The van der Waals surface area contributed by atoms with E-state index in [1.807, 2.05) is 10.8 Å². The van der Waals surface area contributed by atoms with Crippen LogP contribution < -0.4 is 0 Å². The van der Waals surface area contributed by atoms with Crippen molar-refractivity contribution >= 4 is 28.6 Å². The van der Waals surface area contributed by atoms with Gasteiger partial charge in [0, 0.05) is 16.2 Å². The first-order chi connectivity index (χ1) is 9.40. The number of nitrogens with zero attached hydrogens (tertiary/aromatic N) is 2. The zero-order chi connectivity index (χ0) is 14.8. The Bertz CT molecular complexity index is 596. The first-order valence-corrected chi connectivity index (χ1v) is 8.22. The van der Waals surface area contributed by atoms with Crippen molar-refractivity contribution in [2.75, 3.05) is 6.61 Å². The van der Waals surface area contributed by atoms with E-state index in [4.69, 9.17) is 4.74 Å². The van der Waals surface area contributed by atoms with Gasteiger partial charge in [0.25, 0.3) is 0 Å². The fraction of sp³-hybridized carbons (Fsp3) is 0.500. The van der Waals surface area contributed by atoms with Crippen LogP contribution >= 0.6 is 22.7 Å². The zero-order valence-electron chi connectivity index (χ0n) is 12.1. The molecule has 20 heavy (non-hydrogen) atoms. The molecular formula is C14H18N2O2S2. The number of esters is 1. The number of rotatable bonds is 4. The summed E-state index contributed by atoms with van der Waals surface area (Å²) in [6.07, 6.45) is 0.223. The minimum absolute atomic E-state index is 0.0495.